The van der Waals surface area contributed by atoms with Gasteiger partial charge in [0.25, 0.3) is 0 Å². The molecule has 0 aliphatic heterocycles. The van der Waals surface area contributed by atoms with E-state index < -0.39 is 0 Å². The van der Waals surface area contributed by atoms with Crippen molar-refractivity contribution < 1.29 is 4.74 Å². The molecule has 2 heteroatoms. The van der Waals surface area contributed by atoms with Crippen LogP contribution < -0.4 is 5.73 Å². The Morgan fingerprint density at radius 1 is 1.31 bits per heavy atom. The minimum Gasteiger partial charge on any atom is -0.371 e. The Kier molecular flexibility index (Phi) is 4.20. The third-order valence-corrected chi connectivity index (χ3v) is 3.18. The first-order chi connectivity index (χ1) is 6.20. The van der Waals surface area contributed by atoms with E-state index in [1.54, 1.807) is 0 Å². The zero-order chi connectivity index (χ0) is 9.73. The lowest BCUT2D eigenvalue weighted by molar-refractivity contribution is -0.0912. The van der Waals surface area contributed by atoms with E-state index in [1.807, 2.05) is 0 Å². The van der Waals surface area contributed by atoms with Gasteiger partial charge in [-0.2, -0.15) is 0 Å². The fourth-order valence-electron chi connectivity index (χ4n) is 1.86. The van der Waals surface area contributed by atoms with Crippen LogP contribution in [-0.4, -0.2) is 18.2 Å². The molecule has 0 amide bonds. The van der Waals surface area contributed by atoms with E-state index in [2.05, 4.69) is 13.8 Å². The van der Waals surface area contributed by atoms with E-state index in [-0.39, 0.29) is 5.60 Å². The van der Waals surface area contributed by atoms with E-state index in [0.717, 1.165) is 6.42 Å². The second-order valence-electron chi connectivity index (χ2n) is 4.39. The normalized spacial score (nSPS) is 24.2. The molecule has 1 fully saturated rings. The largest absolute Gasteiger partial charge is 0.371 e. The maximum atomic E-state index is 6.05. The molecule has 0 spiro atoms. The number of ether oxygens (including phenoxy) is 1. The average molecular weight is 185 g/mol. The predicted octanol–water partition coefficient (Wildman–Crippen LogP) is 2.46. The lowest BCUT2D eigenvalue weighted by Gasteiger charge is -2.34. The molecule has 1 atom stereocenters. The Labute approximate surface area is 81.8 Å². The molecule has 0 radical (unpaired) electrons. The number of hydrogen-bond donors (Lipinski definition) is 1. The van der Waals surface area contributed by atoms with Crippen LogP contribution in [0.25, 0.3) is 0 Å². The molecule has 1 saturated carbocycles. The third-order valence-electron chi connectivity index (χ3n) is 3.18. The topological polar surface area (TPSA) is 35.2 Å². The van der Waals surface area contributed by atoms with Crippen LogP contribution in [0.3, 0.4) is 0 Å². The number of rotatable bonds is 4. The molecule has 0 heterocycles. The summed E-state index contributed by atoms with van der Waals surface area (Å²) in [6.07, 6.45) is 7.99. The summed E-state index contributed by atoms with van der Waals surface area (Å²) in [4.78, 5) is 0. The van der Waals surface area contributed by atoms with Gasteiger partial charge in [0.2, 0.25) is 0 Å². The van der Waals surface area contributed by atoms with Crippen molar-refractivity contribution in [2.45, 2.75) is 64.1 Å². The van der Waals surface area contributed by atoms with Gasteiger partial charge in [-0.05, 0) is 26.2 Å². The average Bonchev–Trinajstić information content (AvgIpc) is 2.19. The summed E-state index contributed by atoms with van der Waals surface area (Å²) < 4.78 is 6.05. The van der Waals surface area contributed by atoms with E-state index in [9.17, 15) is 0 Å². The number of nitrogens with two attached hydrogens (primary N) is 1. The Balaban J connectivity index is 2.35. The van der Waals surface area contributed by atoms with Gasteiger partial charge in [-0.3, -0.25) is 0 Å². The van der Waals surface area contributed by atoms with E-state index in [0.29, 0.717) is 12.6 Å². The highest BCUT2D eigenvalue weighted by Gasteiger charge is 2.26. The van der Waals surface area contributed by atoms with Gasteiger partial charge in [-0.1, -0.05) is 26.2 Å². The molecule has 2 nitrogen and oxygen atoms in total. The molecule has 0 bridgehead atoms. The summed E-state index contributed by atoms with van der Waals surface area (Å²) >= 11 is 0. The van der Waals surface area contributed by atoms with Gasteiger partial charge in [0.1, 0.15) is 0 Å². The predicted molar refractivity (Wildman–Crippen MR) is 55.7 cm³/mol. The van der Waals surface area contributed by atoms with Gasteiger partial charge < -0.3 is 10.5 Å². The van der Waals surface area contributed by atoms with Crippen molar-refractivity contribution in [1.82, 2.24) is 0 Å². The van der Waals surface area contributed by atoms with Crippen molar-refractivity contribution in [3.63, 3.8) is 0 Å². The summed E-state index contributed by atoms with van der Waals surface area (Å²) in [5.41, 5.74) is 5.63. The van der Waals surface area contributed by atoms with E-state index in [4.69, 9.17) is 10.5 Å². The number of hydrogen-bond acceptors (Lipinski definition) is 2. The van der Waals surface area contributed by atoms with Crippen molar-refractivity contribution in [1.29, 1.82) is 0 Å². The monoisotopic (exact) mass is 185 g/mol. The zero-order valence-corrected chi connectivity index (χ0v) is 9.01. The molecule has 0 saturated heterocycles. The molecular formula is C11H23NO. The molecule has 1 rings (SSSR count). The molecule has 1 aliphatic carbocycles. The van der Waals surface area contributed by atoms with Crippen LogP contribution >= 0.6 is 0 Å². The van der Waals surface area contributed by atoms with Gasteiger partial charge >= 0.3 is 0 Å². The second-order valence-corrected chi connectivity index (χ2v) is 4.39. The van der Waals surface area contributed by atoms with Crippen molar-refractivity contribution in [3.05, 3.63) is 0 Å². The van der Waals surface area contributed by atoms with Crippen LogP contribution in [0.5, 0.6) is 0 Å². The summed E-state index contributed by atoms with van der Waals surface area (Å²) in [6.45, 7) is 4.91. The van der Waals surface area contributed by atoms with Gasteiger partial charge in [0, 0.05) is 6.54 Å². The Morgan fingerprint density at radius 3 is 2.38 bits per heavy atom. The first-order valence-electron chi connectivity index (χ1n) is 5.58. The van der Waals surface area contributed by atoms with Crippen molar-refractivity contribution in [2.24, 2.45) is 5.73 Å². The van der Waals surface area contributed by atoms with Crippen molar-refractivity contribution in [3.8, 4) is 0 Å². The van der Waals surface area contributed by atoms with Crippen molar-refractivity contribution >= 4 is 0 Å². The fourth-order valence-corrected chi connectivity index (χ4v) is 1.86. The van der Waals surface area contributed by atoms with Crippen LogP contribution in [0.1, 0.15) is 52.4 Å². The van der Waals surface area contributed by atoms with Crippen LogP contribution in [0, 0.1) is 0 Å². The maximum Gasteiger partial charge on any atom is 0.0777 e. The SMILES string of the molecule is CCC(C)(CN)OC1CCCCC1. The highest BCUT2D eigenvalue weighted by Crippen LogP contribution is 2.26. The first kappa shape index (κ1) is 11.0. The molecule has 78 valence electrons. The summed E-state index contributed by atoms with van der Waals surface area (Å²) in [7, 11) is 0. The standard InChI is InChI=1S/C11H23NO/c1-3-11(2,9-12)13-10-7-5-4-6-8-10/h10H,3-9,12H2,1-2H3. The van der Waals surface area contributed by atoms with Crippen LogP contribution in [0.4, 0.5) is 0 Å². The molecule has 13 heavy (non-hydrogen) atoms. The minimum absolute atomic E-state index is 0.0813. The van der Waals surface area contributed by atoms with E-state index >= 15 is 0 Å². The highest BCUT2D eigenvalue weighted by molar-refractivity contribution is 4.78. The van der Waals surface area contributed by atoms with Gasteiger partial charge in [-0.25, -0.2) is 0 Å². The molecule has 0 aromatic heterocycles. The Hall–Kier alpha value is -0.0800. The highest BCUT2D eigenvalue weighted by atomic mass is 16.5. The van der Waals surface area contributed by atoms with Gasteiger partial charge in [0.05, 0.1) is 11.7 Å². The minimum atomic E-state index is -0.0813. The molecule has 0 aromatic carbocycles. The zero-order valence-electron chi connectivity index (χ0n) is 9.01. The summed E-state index contributed by atoms with van der Waals surface area (Å²) in [5.74, 6) is 0. The molecule has 2 N–H and O–H groups in total. The lowest BCUT2D eigenvalue weighted by atomic mass is 9.96. The van der Waals surface area contributed by atoms with Crippen LogP contribution in [0.2, 0.25) is 0 Å². The third kappa shape index (κ3) is 3.28. The first-order valence-corrected chi connectivity index (χ1v) is 5.58. The molecule has 1 unspecified atom stereocenters. The fraction of sp³-hybridized carbons (Fsp3) is 1.00. The quantitative estimate of drug-likeness (QED) is 0.730. The van der Waals surface area contributed by atoms with Crippen LogP contribution in [0.15, 0.2) is 0 Å². The van der Waals surface area contributed by atoms with Crippen molar-refractivity contribution in [2.75, 3.05) is 6.54 Å². The maximum absolute atomic E-state index is 6.05. The van der Waals surface area contributed by atoms with Gasteiger partial charge in [0.15, 0.2) is 0 Å². The summed E-state index contributed by atoms with van der Waals surface area (Å²) in [6, 6.07) is 0. The Morgan fingerprint density at radius 2 is 1.92 bits per heavy atom. The van der Waals surface area contributed by atoms with Gasteiger partial charge in [-0.15, -0.1) is 0 Å². The smallest absolute Gasteiger partial charge is 0.0777 e. The molecule has 1 aliphatic rings. The molecule has 0 aromatic rings. The summed E-state index contributed by atoms with van der Waals surface area (Å²) in [5, 5.41) is 0. The van der Waals surface area contributed by atoms with Crippen LogP contribution in [-0.2, 0) is 4.74 Å². The van der Waals surface area contributed by atoms with E-state index in [1.165, 1.54) is 32.1 Å². The second kappa shape index (κ2) is 4.97. The lowest BCUT2D eigenvalue weighted by Crippen LogP contribution is -2.40. The molecular weight excluding hydrogens is 162 g/mol. The Bertz CT molecular complexity index is 137.